The van der Waals surface area contributed by atoms with Crippen LogP contribution in [0.5, 0.6) is 5.75 Å². The standard InChI is InChI=1S/C28H33N5O4S/c1-4-26(34)33-15-13-32(14-16-33)23-12-8-9-20(17-23)21-18-24(36-2)27-25(19-21)37-29-28(27)31-38(3,35)30-22-10-6-5-7-11-22/h1,8-9,12,17-19,22H,3,5-7,10-11,13-16H2,2H3,(H2,29,30,31,35). The van der Waals surface area contributed by atoms with Crippen molar-refractivity contribution in [2.75, 3.05) is 42.9 Å². The van der Waals surface area contributed by atoms with Gasteiger partial charge in [-0.1, -0.05) is 36.6 Å². The lowest BCUT2D eigenvalue weighted by atomic mass is 9.96. The van der Waals surface area contributed by atoms with Crippen LogP contribution in [0.3, 0.4) is 0 Å². The molecule has 1 saturated carbocycles. The number of terminal acetylenes is 1. The molecule has 2 aliphatic rings. The average Bonchev–Trinajstić information content (AvgIpc) is 3.34. The molecule has 2 fully saturated rings. The van der Waals surface area contributed by atoms with E-state index in [1.165, 1.54) is 6.42 Å². The number of piperazine rings is 1. The van der Waals surface area contributed by atoms with Gasteiger partial charge in [-0.05, 0) is 60.0 Å². The van der Waals surface area contributed by atoms with Gasteiger partial charge in [0.05, 0.1) is 7.11 Å². The van der Waals surface area contributed by atoms with Gasteiger partial charge in [0.1, 0.15) is 21.0 Å². The number of hydrogen-bond acceptors (Lipinski definition) is 6. The number of hydrogen-bond donors (Lipinski definition) is 2. The Morgan fingerprint density at radius 2 is 1.92 bits per heavy atom. The molecule has 200 valence electrons. The van der Waals surface area contributed by atoms with E-state index < -0.39 is 9.89 Å². The number of carbonyl (C=O) groups is 1. The molecular weight excluding hydrogens is 502 g/mol. The molecule has 2 N–H and O–H groups in total. The normalized spacial score (nSPS) is 18.1. The van der Waals surface area contributed by atoms with Gasteiger partial charge < -0.3 is 19.1 Å². The molecule has 1 aliphatic carbocycles. The Bertz CT molecular complexity index is 1460. The van der Waals surface area contributed by atoms with Crippen LogP contribution in [0.25, 0.3) is 22.1 Å². The van der Waals surface area contributed by atoms with Crippen molar-refractivity contribution in [3.8, 4) is 29.2 Å². The van der Waals surface area contributed by atoms with Crippen molar-refractivity contribution in [3.63, 3.8) is 0 Å². The van der Waals surface area contributed by atoms with Crippen LogP contribution >= 0.6 is 0 Å². The third-order valence-corrected chi connectivity index (χ3v) is 8.45. The van der Waals surface area contributed by atoms with Crippen LogP contribution in [0.15, 0.2) is 40.9 Å². The first kappa shape index (κ1) is 25.9. The molecule has 1 aliphatic heterocycles. The molecule has 9 nitrogen and oxygen atoms in total. The molecule has 0 spiro atoms. The van der Waals surface area contributed by atoms with Crippen molar-refractivity contribution in [1.82, 2.24) is 14.8 Å². The quantitative estimate of drug-likeness (QED) is 0.354. The number of nitrogens with one attached hydrogen (secondary N) is 2. The van der Waals surface area contributed by atoms with E-state index in [0.717, 1.165) is 42.5 Å². The minimum Gasteiger partial charge on any atom is -0.496 e. The second-order valence-corrected chi connectivity index (χ2v) is 11.6. The van der Waals surface area contributed by atoms with Crippen molar-refractivity contribution < 1.29 is 18.3 Å². The number of benzene rings is 2. The molecule has 38 heavy (non-hydrogen) atoms. The lowest BCUT2D eigenvalue weighted by Gasteiger charge is -2.35. The van der Waals surface area contributed by atoms with Gasteiger partial charge in [-0.15, -0.1) is 6.42 Å². The number of aromatic nitrogens is 1. The summed E-state index contributed by atoms with van der Waals surface area (Å²) < 4.78 is 30.7. The number of methoxy groups -OCH3 is 1. The Labute approximate surface area is 223 Å². The highest BCUT2D eigenvalue weighted by Gasteiger charge is 2.23. The van der Waals surface area contributed by atoms with Crippen molar-refractivity contribution in [3.05, 3.63) is 36.4 Å². The fraction of sp³-hybridized carbons (Fsp3) is 0.393. The monoisotopic (exact) mass is 535 g/mol. The van der Waals surface area contributed by atoms with Crippen LogP contribution in [0.2, 0.25) is 0 Å². The summed E-state index contributed by atoms with van der Waals surface area (Å²) in [6.45, 7) is 2.59. The summed E-state index contributed by atoms with van der Waals surface area (Å²) in [6.07, 6.45) is 10.7. The molecule has 1 unspecified atom stereocenters. The molecule has 1 amide bonds. The molecule has 10 heteroatoms. The Morgan fingerprint density at radius 3 is 2.63 bits per heavy atom. The Kier molecular flexibility index (Phi) is 7.49. The first-order valence-corrected chi connectivity index (χ1v) is 14.6. The fourth-order valence-electron chi connectivity index (χ4n) is 5.25. The summed E-state index contributed by atoms with van der Waals surface area (Å²) in [7, 11) is -1.24. The third-order valence-electron chi connectivity index (χ3n) is 7.22. The lowest BCUT2D eigenvalue weighted by Crippen LogP contribution is -2.48. The number of ether oxygens (including phenoxy) is 1. The largest absolute Gasteiger partial charge is 0.496 e. The number of amides is 1. The smallest absolute Gasteiger partial charge is 0.298 e. The number of nitrogens with zero attached hydrogens (tertiary/aromatic N) is 3. The summed E-state index contributed by atoms with van der Waals surface area (Å²) in [5, 5.41) is 4.77. The first-order valence-electron chi connectivity index (χ1n) is 12.9. The molecule has 3 aromatic rings. The van der Waals surface area contributed by atoms with Gasteiger partial charge in [0.25, 0.3) is 5.91 Å². The summed E-state index contributed by atoms with van der Waals surface area (Å²) in [4.78, 5) is 15.7. The van der Waals surface area contributed by atoms with Gasteiger partial charge in [0.15, 0.2) is 11.4 Å². The van der Waals surface area contributed by atoms with Crippen LogP contribution in [0, 0.1) is 12.3 Å². The van der Waals surface area contributed by atoms with Gasteiger partial charge in [-0.25, -0.2) is 8.93 Å². The van der Waals surface area contributed by atoms with Crippen molar-refractivity contribution in [2.24, 2.45) is 0 Å². The summed E-state index contributed by atoms with van der Waals surface area (Å²) in [5.41, 5.74) is 3.45. The van der Waals surface area contributed by atoms with E-state index >= 15 is 0 Å². The van der Waals surface area contributed by atoms with E-state index in [0.29, 0.717) is 48.7 Å². The van der Waals surface area contributed by atoms with Crippen LogP contribution in [0.1, 0.15) is 32.1 Å². The van der Waals surface area contributed by atoms with Crippen LogP contribution in [-0.2, 0) is 14.7 Å². The Hall–Kier alpha value is -3.68. The summed E-state index contributed by atoms with van der Waals surface area (Å²) >= 11 is 0. The highest BCUT2D eigenvalue weighted by atomic mass is 32.2. The molecule has 1 atom stereocenters. The number of carbonyl (C=O) groups excluding carboxylic acids is 1. The maximum absolute atomic E-state index is 13.2. The minimum atomic E-state index is -2.83. The first-order chi connectivity index (χ1) is 18.4. The second kappa shape index (κ2) is 11.0. The average molecular weight is 536 g/mol. The highest BCUT2D eigenvalue weighted by molar-refractivity contribution is 7.99. The fourth-order valence-corrected chi connectivity index (χ4v) is 6.53. The molecule has 2 heterocycles. The molecule has 1 aromatic heterocycles. The number of anilines is 2. The number of fused-ring (bicyclic) bond motifs is 1. The maximum atomic E-state index is 13.2. The van der Waals surface area contributed by atoms with Crippen molar-refractivity contribution >= 4 is 44.1 Å². The summed E-state index contributed by atoms with van der Waals surface area (Å²) in [6, 6.07) is 12.2. The van der Waals surface area contributed by atoms with E-state index in [1.807, 2.05) is 24.3 Å². The van der Waals surface area contributed by atoms with E-state index in [9.17, 15) is 9.00 Å². The van der Waals surface area contributed by atoms with Gasteiger partial charge >= 0.3 is 0 Å². The predicted octanol–water partition coefficient (Wildman–Crippen LogP) is 3.67. The minimum absolute atomic E-state index is 0.168. The van der Waals surface area contributed by atoms with E-state index in [-0.39, 0.29) is 11.9 Å². The molecule has 0 bridgehead atoms. The van der Waals surface area contributed by atoms with Gasteiger partial charge in [0.2, 0.25) is 0 Å². The molecule has 2 aromatic carbocycles. The molecule has 5 rings (SSSR count). The predicted molar refractivity (Wildman–Crippen MR) is 153 cm³/mol. The number of rotatable bonds is 7. The van der Waals surface area contributed by atoms with Crippen LogP contribution in [0.4, 0.5) is 11.5 Å². The Morgan fingerprint density at radius 1 is 1.16 bits per heavy atom. The summed E-state index contributed by atoms with van der Waals surface area (Å²) in [5.74, 6) is 6.70. The van der Waals surface area contributed by atoms with Crippen LogP contribution in [-0.4, -0.2) is 65.4 Å². The van der Waals surface area contributed by atoms with Crippen molar-refractivity contribution in [2.45, 2.75) is 38.1 Å². The van der Waals surface area contributed by atoms with Gasteiger partial charge in [-0.2, -0.15) is 0 Å². The molecule has 0 radical (unpaired) electrons. The van der Waals surface area contributed by atoms with E-state index in [4.69, 9.17) is 15.7 Å². The zero-order valence-corrected chi connectivity index (χ0v) is 22.4. The second-order valence-electron chi connectivity index (χ2n) is 9.79. The molecular formula is C28H33N5O4S. The van der Waals surface area contributed by atoms with E-state index in [1.54, 1.807) is 12.0 Å². The molecule has 1 saturated heterocycles. The zero-order valence-electron chi connectivity index (χ0n) is 21.6. The van der Waals surface area contributed by atoms with Crippen LogP contribution < -0.4 is 19.1 Å². The van der Waals surface area contributed by atoms with Crippen molar-refractivity contribution in [1.29, 1.82) is 0 Å². The van der Waals surface area contributed by atoms with Gasteiger partial charge in [-0.3, -0.25) is 9.52 Å². The Balaban J connectivity index is 1.37. The van der Waals surface area contributed by atoms with Gasteiger partial charge in [0, 0.05) is 37.9 Å². The highest BCUT2D eigenvalue weighted by Crippen LogP contribution is 2.38. The maximum Gasteiger partial charge on any atom is 0.298 e. The van der Waals surface area contributed by atoms with E-state index in [2.05, 4.69) is 43.4 Å². The topological polar surface area (TPSA) is 99.9 Å². The SMILES string of the molecule is C#CC(=O)N1CCN(c2cccc(-c3cc(OC)c4c(NS(=C)(=O)NC5CCCCC5)noc4c3)c2)CC1. The zero-order chi connectivity index (χ0) is 26.7. The third kappa shape index (κ3) is 5.59. The lowest BCUT2D eigenvalue weighted by molar-refractivity contribution is -0.125.